The van der Waals surface area contributed by atoms with Crippen LogP contribution in [0.1, 0.15) is 45.4 Å². The monoisotopic (exact) mass is 405 g/mol. The second-order valence-corrected chi connectivity index (χ2v) is 8.53. The first-order valence-corrected chi connectivity index (χ1v) is 11.2. The molecule has 0 fully saturated rings. The van der Waals surface area contributed by atoms with Gasteiger partial charge in [0.25, 0.3) is 16.0 Å². The fraction of sp³-hybridized carbons (Fsp3) is 0.778. The number of amidine groups is 1. The second kappa shape index (κ2) is 11.7. The zero-order valence-corrected chi connectivity index (χ0v) is 16.9. The first-order chi connectivity index (χ1) is 12.7. The van der Waals surface area contributed by atoms with Crippen LogP contribution in [0.4, 0.5) is 0 Å². The molecule has 0 radical (unpaired) electrons. The minimum atomic E-state index is -4.33. The highest BCUT2D eigenvalue weighted by Gasteiger charge is 2.43. The molecule has 0 bridgehead atoms. The molecule has 1 aliphatic rings. The van der Waals surface area contributed by atoms with Gasteiger partial charge in [-0.25, -0.2) is 4.99 Å². The number of aliphatic hydroxyl groups is 2. The Morgan fingerprint density at radius 3 is 2.63 bits per heavy atom. The number of hydrogen-bond acceptors (Lipinski definition) is 6. The van der Waals surface area contributed by atoms with Gasteiger partial charge in [-0.15, -0.1) is 0 Å². The molecule has 1 aliphatic heterocycles. The van der Waals surface area contributed by atoms with E-state index in [0.717, 1.165) is 12.8 Å². The molecular formula is C18H33N2O6S+. The summed E-state index contributed by atoms with van der Waals surface area (Å²) in [5, 5.41) is 19.5. The third kappa shape index (κ3) is 8.61. The number of aliphatic hydroxyl groups excluding tert-OH is 2. The van der Waals surface area contributed by atoms with Crippen LogP contribution in [0.5, 0.6) is 0 Å². The van der Waals surface area contributed by atoms with Gasteiger partial charge in [0.2, 0.25) is 5.78 Å². The summed E-state index contributed by atoms with van der Waals surface area (Å²) < 4.78 is 30.9. The van der Waals surface area contributed by atoms with Crippen LogP contribution in [0, 0.1) is 0 Å². The lowest BCUT2D eigenvalue weighted by atomic mass is 10.1. The molecule has 3 N–H and O–H groups in total. The third-order valence-corrected chi connectivity index (χ3v) is 5.46. The molecule has 0 saturated heterocycles. The van der Waals surface area contributed by atoms with Gasteiger partial charge >= 0.3 is 0 Å². The van der Waals surface area contributed by atoms with E-state index in [1.165, 1.54) is 12.8 Å². The van der Waals surface area contributed by atoms with Gasteiger partial charge in [0, 0.05) is 6.42 Å². The number of unbranched alkanes of at least 4 members (excludes halogenated alkanes) is 3. The summed E-state index contributed by atoms with van der Waals surface area (Å²) in [4.78, 5) is 16.9. The van der Waals surface area contributed by atoms with Gasteiger partial charge in [0.1, 0.15) is 31.5 Å². The standard InChI is InChI=1S/C18H32N2O6S/c1-2-3-4-5-6-7-8-9-17(23)18-19-10-11-20(18,12-13-21)14-16(22)15-27(24,25)26/h6-7,16,21-22H,2-5,8-15H2,1H3/p+1/b7-6+. The number of Topliss-reactive ketones (excluding diaryl/α,β-unsaturated/α-hetero) is 1. The summed E-state index contributed by atoms with van der Waals surface area (Å²) in [6.45, 7) is 2.80. The van der Waals surface area contributed by atoms with Crippen LogP contribution in [0.15, 0.2) is 17.1 Å². The molecule has 0 amide bonds. The molecule has 0 saturated carbocycles. The second-order valence-electron chi connectivity index (χ2n) is 7.04. The fourth-order valence-corrected chi connectivity index (χ4v) is 4.00. The molecule has 2 unspecified atom stereocenters. The minimum absolute atomic E-state index is 0.0494. The number of rotatable bonds is 14. The first kappa shape index (κ1) is 23.9. The topological polar surface area (TPSA) is 124 Å². The van der Waals surface area contributed by atoms with E-state index in [1.54, 1.807) is 0 Å². The van der Waals surface area contributed by atoms with Crippen LogP contribution < -0.4 is 0 Å². The van der Waals surface area contributed by atoms with Crippen molar-refractivity contribution in [1.29, 1.82) is 0 Å². The van der Waals surface area contributed by atoms with Crippen molar-refractivity contribution < 1.29 is 32.5 Å². The van der Waals surface area contributed by atoms with E-state index in [9.17, 15) is 23.4 Å². The predicted molar refractivity (Wildman–Crippen MR) is 104 cm³/mol. The maximum atomic E-state index is 12.6. The molecule has 0 aromatic heterocycles. The summed E-state index contributed by atoms with van der Waals surface area (Å²) in [5.74, 6) is -0.684. The summed E-state index contributed by atoms with van der Waals surface area (Å²) in [6.07, 6.45) is 8.07. The molecular weight excluding hydrogens is 372 g/mol. The van der Waals surface area contributed by atoms with Crippen molar-refractivity contribution in [3.8, 4) is 0 Å². The number of quaternary nitrogens is 1. The van der Waals surface area contributed by atoms with Crippen molar-refractivity contribution in [2.24, 2.45) is 4.99 Å². The van der Waals surface area contributed by atoms with Crippen molar-refractivity contribution >= 4 is 21.7 Å². The lowest BCUT2D eigenvalue weighted by molar-refractivity contribution is -0.837. The summed E-state index contributed by atoms with van der Waals surface area (Å²) in [6, 6.07) is 0. The Kier molecular flexibility index (Phi) is 10.3. The number of hydrogen-bond donors (Lipinski definition) is 3. The summed E-state index contributed by atoms with van der Waals surface area (Å²) in [5.41, 5.74) is 0. The van der Waals surface area contributed by atoms with Crippen LogP contribution in [0.2, 0.25) is 0 Å². The third-order valence-electron chi connectivity index (χ3n) is 4.66. The molecule has 1 heterocycles. The number of ketones is 1. The highest BCUT2D eigenvalue weighted by atomic mass is 32.2. The Bertz CT molecular complexity index is 632. The molecule has 156 valence electrons. The number of carbonyl (C=O) groups is 1. The fourth-order valence-electron chi connectivity index (χ4n) is 3.41. The summed E-state index contributed by atoms with van der Waals surface area (Å²) in [7, 11) is -4.33. The Morgan fingerprint density at radius 1 is 1.30 bits per heavy atom. The van der Waals surface area contributed by atoms with E-state index in [-0.39, 0.29) is 42.2 Å². The van der Waals surface area contributed by atoms with E-state index in [0.29, 0.717) is 19.5 Å². The maximum absolute atomic E-state index is 12.6. The van der Waals surface area contributed by atoms with Crippen LogP contribution in [0.25, 0.3) is 0 Å². The first-order valence-electron chi connectivity index (χ1n) is 9.57. The van der Waals surface area contributed by atoms with Crippen molar-refractivity contribution in [1.82, 2.24) is 0 Å². The van der Waals surface area contributed by atoms with Gasteiger partial charge in [0.15, 0.2) is 0 Å². The Labute approximate surface area is 161 Å². The largest absolute Gasteiger partial charge is 0.390 e. The van der Waals surface area contributed by atoms with E-state index in [2.05, 4.69) is 18.0 Å². The lowest BCUT2D eigenvalue weighted by Crippen LogP contribution is -2.59. The van der Waals surface area contributed by atoms with Crippen molar-refractivity contribution in [2.75, 3.05) is 38.5 Å². The Balaban J connectivity index is 2.68. The van der Waals surface area contributed by atoms with Crippen molar-refractivity contribution in [3.05, 3.63) is 12.2 Å². The number of allylic oxidation sites excluding steroid dienone is 2. The van der Waals surface area contributed by atoms with Gasteiger partial charge in [-0.2, -0.15) is 8.42 Å². The van der Waals surface area contributed by atoms with Crippen LogP contribution >= 0.6 is 0 Å². The lowest BCUT2D eigenvalue weighted by Gasteiger charge is -2.34. The Hall–Kier alpha value is -1.13. The number of carbonyl (C=O) groups excluding carboxylic acids is 1. The average molecular weight is 406 g/mol. The van der Waals surface area contributed by atoms with Gasteiger partial charge in [-0.3, -0.25) is 13.8 Å². The molecule has 1 rings (SSSR count). The van der Waals surface area contributed by atoms with E-state index < -0.39 is 22.0 Å². The molecule has 0 aromatic carbocycles. The molecule has 8 nitrogen and oxygen atoms in total. The van der Waals surface area contributed by atoms with Gasteiger partial charge in [-0.05, 0) is 19.3 Å². The normalized spacial score (nSPS) is 21.6. The van der Waals surface area contributed by atoms with Gasteiger partial charge < -0.3 is 10.2 Å². The average Bonchev–Trinajstić information content (AvgIpc) is 2.95. The van der Waals surface area contributed by atoms with Crippen LogP contribution in [-0.4, -0.2) is 83.9 Å². The molecule has 0 aliphatic carbocycles. The highest BCUT2D eigenvalue weighted by Crippen LogP contribution is 2.19. The molecule has 9 heteroatoms. The SMILES string of the molecule is CCCCC/C=C/CCC(=O)C1=NCC[N+]1(CCO)CC(O)CS(=O)(=O)O. The van der Waals surface area contributed by atoms with Gasteiger partial charge in [-0.1, -0.05) is 31.9 Å². The Morgan fingerprint density at radius 2 is 2.00 bits per heavy atom. The number of aliphatic imine (C=N–C) groups is 1. The van der Waals surface area contributed by atoms with Gasteiger partial charge in [0.05, 0.1) is 13.2 Å². The maximum Gasteiger partial charge on any atom is 0.267 e. The van der Waals surface area contributed by atoms with Crippen LogP contribution in [0.3, 0.4) is 0 Å². The zero-order chi connectivity index (χ0) is 20.3. The number of nitrogens with zero attached hydrogens (tertiary/aromatic N) is 2. The molecule has 27 heavy (non-hydrogen) atoms. The zero-order valence-electron chi connectivity index (χ0n) is 16.1. The smallest absolute Gasteiger partial charge is 0.267 e. The highest BCUT2D eigenvalue weighted by molar-refractivity contribution is 7.85. The van der Waals surface area contributed by atoms with E-state index >= 15 is 0 Å². The molecule has 0 spiro atoms. The minimum Gasteiger partial charge on any atom is -0.390 e. The quantitative estimate of drug-likeness (QED) is 0.171. The van der Waals surface area contributed by atoms with Crippen molar-refractivity contribution in [2.45, 2.75) is 51.6 Å². The van der Waals surface area contributed by atoms with Crippen molar-refractivity contribution in [3.63, 3.8) is 0 Å². The van der Waals surface area contributed by atoms with Crippen LogP contribution in [-0.2, 0) is 14.9 Å². The molecule has 0 aromatic rings. The summed E-state index contributed by atoms with van der Waals surface area (Å²) >= 11 is 0. The predicted octanol–water partition coefficient (Wildman–Crippen LogP) is 0.942. The van der Waals surface area contributed by atoms with E-state index in [1.807, 2.05) is 6.08 Å². The molecule has 2 atom stereocenters. The van der Waals surface area contributed by atoms with E-state index in [4.69, 9.17) is 4.55 Å².